The van der Waals surface area contributed by atoms with Crippen molar-refractivity contribution in [1.82, 2.24) is 19.6 Å². The molecular weight excluding hydrogens is 1140 g/mol. The lowest BCUT2D eigenvalue weighted by atomic mass is 10.4. The Balaban J connectivity index is -0.000000142. The van der Waals surface area contributed by atoms with E-state index < -0.39 is 100 Å². The van der Waals surface area contributed by atoms with Gasteiger partial charge in [0, 0.05) is 52.4 Å². The molecule has 0 bridgehead atoms. The van der Waals surface area contributed by atoms with E-state index in [0.29, 0.717) is 0 Å². The van der Waals surface area contributed by atoms with Crippen molar-refractivity contribution in [2.75, 3.05) is 214 Å². The van der Waals surface area contributed by atoms with Crippen molar-refractivity contribution in [3.63, 3.8) is 0 Å². The molecule has 0 fully saturated rings. The third kappa shape index (κ3) is 79.2. The van der Waals surface area contributed by atoms with E-state index in [9.17, 15) is 58.8 Å². The fourth-order valence-electron chi connectivity index (χ4n) is 6.78. The minimum Gasteiger partial charge on any atom is -1.00 e. The SMILES string of the molecule is C=CC[N+](C)(C)CC=C.C=CC[N+](C)(C)CC=C.C=CC[N+](C)(C)CC=C.C=CC[N+](C)(C)CC=C.C=CC[N+](C)(C)CC=C.O=C(O)CN(CCN(CC(=O)O)CC(=O)O)CC(=O)O.O=C([O-])CN(CCN(CC(=O)[O-])CC(=O)[O-])CC(=O)[O-].[Cl-]. The topological polar surface area (TPSA) is 323 Å². The third-order valence-electron chi connectivity index (χ3n) is 10.5. The molecule has 86 heavy (non-hydrogen) atoms. The molecule has 26 heteroatoms. The maximum absolute atomic E-state index is 10.6. The maximum Gasteiger partial charge on any atom is 0.317 e. The summed E-state index contributed by atoms with van der Waals surface area (Å²) in [4.78, 5) is 87.8. The molecule has 0 radical (unpaired) electrons. The van der Waals surface area contributed by atoms with Crippen molar-refractivity contribution in [2.45, 2.75) is 0 Å². The molecule has 0 aliphatic rings. The molecule has 0 amide bonds. The van der Waals surface area contributed by atoms with Gasteiger partial charge in [0.2, 0.25) is 0 Å². The zero-order valence-corrected chi connectivity index (χ0v) is 54.2. The second kappa shape index (κ2) is 55.9. The van der Waals surface area contributed by atoms with Gasteiger partial charge in [-0.05, 0) is 60.8 Å². The molecule has 0 atom stereocenters. The predicted molar refractivity (Wildman–Crippen MR) is 328 cm³/mol. The number of carbonyl (C=O) groups is 8. The average Bonchev–Trinajstić information content (AvgIpc) is 3.29. The number of carbonyl (C=O) groups excluding carboxylic acids is 4. The van der Waals surface area contributed by atoms with Crippen LogP contribution in [0.1, 0.15) is 0 Å². The summed E-state index contributed by atoms with van der Waals surface area (Å²) in [5, 5.41) is 76.1. The first-order valence-electron chi connectivity index (χ1n) is 26.8. The smallest absolute Gasteiger partial charge is 0.317 e. The van der Waals surface area contributed by atoms with Gasteiger partial charge >= 0.3 is 23.9 Å². The van der Waals surface area contributed by atoms with E-state index in [2.05, 4.69) is 136 Å². The first-order chi connectivity index (χ1) is 39.0. The number of hydrogen-bond donors (Lipinski definition) is 4. The highest BCUT2D eigenvalue weighted by atomic mass is 35.5. The molecule has 0 aromatic heterocycles. The highest BCUT2D eigenvalue weighted by molar-refractivity contribution is 5.74. The molecular formula is C60H108ClN9O16. The van der Waals surface area contributed by atoms with Crippen LogP contribution in [0.4, 0.5) is 0 Å². The molecule has 4 N–H and O–H groups in total. The lowest BCUT2D eigenvalue weighted by molar-refractivity contribution is -0.878. The van der Waals surface area contributed by atoms with Crippen LogP contribution in [-0.2, 0) is 38.4 Å². The Morgan fingerprint density at radius 1 is 0.279 bits per heavy atom. The number of aliphatic carboxylic acids is 8. The fourth-order valence-corrected chi connectivity index (χ4v) is 6.78. The second-order valence-electron chi connectivity index (χ2n) is 22.3. The predicted octanol–water partition coefficient (Wildman–Crippen LogP) is -5.30. The number of nitrogens with zero attached hydrogens (tertiary/aromatic N) is 9. The molecule has 0 heterocycles. The Hall–Kier alpha value is -6.91. The fraction of sp³-hybridized carbons (Fsp3) is 0.533. The average molecular weight is 1250 g/mol. The molecule has 0 aromatic carbocycles. The van der Waals surface area contributed by atoms with Gasteiger partial charge in [-0.1, -0.05) is 65.8 Å². The van der Waals surface area contributed by atoms with E-state index in [1.807, 2.05) is 60.8 Å². The number of rotatable bonds is 42. The summed E-state index contributed by atoms with van der Waals surface area (Å²) in [7, 11) is 21.6. The summed E-state index contributed by atoms with van der Waals surface area (Å²) in [6.07, 6.45) is 19.3. The van der Waals surface area contributed by atoms with Crippen molar-refractivity contribution < 1.29 is 114 Å². The highest BCUT2D eigenvalue weighted by Gasteiger charge is 2.19. The molecule has 0 spiro atoms. The number of halogens is 1. The molecule has 25 nitrogen and oxygen atoms in total. The summed E-state index contributed by atoms with van der Waals surface area (Å²) < 4.78 is 4.76. The van der Waals surface area contributed by atoms with Crippen LogP contribution in [0.2, 0.25) is 0 Å². The monoisotopic (exact) mass is 1250 g/mol. The summed E-state index contributed by atoms with van der Waals surface area (Å²) in [5.74, 6) is -11.0. The van der Waals surface area contributed by atoms with Gasteiger partial charge in [0.1, 0.15) is 0 Å². The van der Waals surface area contributed by atoms with E-state index in [-0.39, 0.29) is 38.6 Å². The molecule has 0 unspecified atom stereocenters. The Morgan fingerprint density at radius 2 is 0.384 bits per heavy atom. The lowest BCUT2D eigenvalue weighted by Gasteiger charge is -2.28. The van der Waals surface area contributed by atoms with E-state index in [0.717, 1.165) is 107 Å². The van der Waals surface area contributed by atoms with Gasteiger partial charge in [-0.3, -0.25) is 38.8 Å². The van der Waals surface area contributed by atoms with E-state index in [4.69, 9.17) is 20.4 Å². The largest absolute Gasteiger partial charge is 1.00 e. The van der Waals surface area contributed by atoms with Crippen molar-refractivity contribution in [3.8, 4) is 0 Å². The minimum atomic E-state index is -1.53. The van der Waals surface area contributed by atoms with E-state index in [1.165, 1.54) is 0 Å². The highest BCUT2D eigenvalue weighted by Crippen LogP contribution is 2.00. The second-order valence-corrected chi connectivity index (χ2v) is 22.3. The Kier molecular flexibility index (Phi) is 62.1. The molecule has 496 valence electrons. The van der Waals surface area contributed by atoms with Crippen LogP contribution in [0.15, 0.2) is 127 Å². The molecule has 0 saturated carbocycles. The zero-order chi connectivity index (χ0) is 68.1. The quantitative estimate of drug-likeness (QED) is 0.0328. The standard InChI is InChI=1S/2C10H16N2O8.5C8H16N.ClH/c2*13-7(14)3-11(4-8(15)16)1-2-12(5-9(17)18)6-10(19)20;5*1-5-7-9(3,4)8-6-2;/h2*1-6H2,(H,13,14)(H,15,16)(H,17,18)(H,19,20);5*5-6H,1-2,7-8H2,3-4H3;1H/q;;5*+1;/p-5. The molecule has 0 aliphatic carbocycles. The summed E-state index contributed by atoms with van der Waals surface area (Å²) in [5.41, 5.74) is 0. The van der Waals surface area contributed by atoms with Crippen LogP contribution in [0.25, 0.3) is 0 Å². The van der Waals surface area contributed by atoms with Crippen molar-refractivity contribution in [2.24, 2.45) is 0 Å². The lowest BCUT2D eigenvalue weighted by Crippen LogP contribution is -3.00. The third-order valence-corrected chi connectivity index (χ3v) is 10.5. The first-order valence-corrected chi connectivity index (χ1v) is 26.8. The van der Waals surface area contributed by atoms with Gasteiger partial charge in [0.15, 0.2) is 0 Å². The van der Waals surface area contributed by atoms with Crippen LogP contribution in [0.3, 0.4) is 0 Å². The van der Waals surface area contributed by atoms with Gasteiger partial charge in [-0.15, -0.1) is 0 Å². The Morgan fingerprint density at radius 3 is 0.465 bits per heavy atom. The molecule has 0 saturated heterocycles. The van der Waals surface area contributed by atoms with E-state index in [1.54, 1.807) is 0 Å². The molecule has 0 aromatic rings. The molecule has 0 rings (SSSR count). The van der Waals surface area contributed by atoms with Crippen molar-refractivity contribution >= 4 is 47.8 Å². The first kappa shape index (κ1) is 95.4. The number of carboxylic acids is 8. The summed E-state index contributed by atoms with van der Waals surface area (Å²) in [6.45, 7) is 41.3. The summed E-state index contributed by atoms with van der Waals surface area (Å²) >= 11 is 0. The number of likely N-dealkylation sites (N-methyl/N-ethyl adjacent to an activating group) is 5. The Bertz CT molecular complexity index is 1630. The van der Waals surface area contributed by atoms with E-state index >= 15 is 0 Å². The van der Waals surface area contributed by atoms with Gasteiger partial charge in [-0.2, -0.15) is 0 Å². The minimum absolute atomic E-state index is 0. The van der Waals surface area contributed by atoms with Crippen LogP contribution in [0, 0.1) is 0 Å². The maximum atomic E-state index is 10.6. The number of hydrogen-bond acceptors (Lipinski definition) is 16. The van der Waals surface area contributed by atoms with Crippen LogP contribution < -0.4 is 32.8 Å². The normalized spacial score (nSPS) is 10.7. The number of quaternary nitrogens is 5. The zero-order valence-electron chi connectivity index (χ0n) is 53.5. The molecule has 0 aliphatic heterocycles. The van der Waals surface area contributed by atoms with Crippen molar-refractivity contribution in [3.05, 3.63) is 127 Å². The van der Waals surface area contributed by atoms with Crippen LogP contribution in [-0.4, -0.2) is 325 Å². The number of carboxylic acid groups (broad SMARTS) is 8. The van der Waals surface area contributed by atoms with Crippen LogP contribution in [0.5, 0.6) is 0 Å². The van der Waals surface area contributed by atoms with Gasteiger partial charge in [0.25, 0.3) is 0 Å². The Labute approximate surface area is 520 Å². The summed E-state index contributed by atoms with van der Waals surface area (Å²) in [6, 6.07) is 0. The van der Waals surface area contributed by atoms with Crippen molar-refractivity contribution in [1.29, 1.82) is 0 Å². The van der Waals surface area contributed by atoms with Gasteiger partial charge in [0.05, 0.1) is 186 Å². The van der Waals surface area contributed by atoms with Gasteiger partial charge < -0.3 is 94.9 Å². The van der Waals surface area contributed by atoms with Gasteiger partial charge in [-0.25, -0.2) is 0 Å². The van der Waals surface area contributed by atoms with Crippen LogP contribution >= 0.6 is 0 Å².